The number of Topliss-reactive ketones (excluding diaryl/α,β-unsaturated/α-hetero) is 1. The van der Waals surface area contributed by atoms with Gasteiger partial charge in [-0.2, -0.15) is 0 Å². The minimum absolute atomic E-state index is 0.126. The Bertz CT molecular complexity index is 740. The van der Waals surface area contributed by atoms with Crippen molar-refractivity contribution >= 4 is 17.5 Å². The third-order valence-electron chi connectivity index (χ3n) is 4.65. The highest BCUT2D eigenvalue weighted by molar-refractivity contribution is 7.99. The van der Waals surface area contributed by atoms with Crippen LogP contribution in [0.25, 0.3) is 0 Å². The maximum Gasteiger partial charge on any atom is 0.209 e. The Kier molecular flexibility index (Phi) is 4.62. The lowest BCUT2D eigenvalue weighted by molar-refractivity contribution is 0.0912. The Hall–Kier alpha value is -1.73. The SMILES string of the molecule is O=C(CSc1nnnn1CC1CCCO1)c1ccc2c(c1)CCC2. The Morgan fingerprint density at radius 3 is 3.08 bits per heavy atom. The molecule has 1 aromatic heterocycles. The number of ketones is 1. The fourth-order valence-corrected chi connectivity index (χ4v) is 4.14. The fourth-order valence-electron chi connectivity index (χ4n) is 3.35. The number of aromatic nitrogens is 4. The molecule has 2 heterocycles. The molecule has 7 heteroatoms. The molecule has 1 aliphatic carbocycles. The van der Waals surface area contributed by atoms with Gasteiger partial charge in [0.2, 0.25) is 5.16 Å². The number of benzene rings is 1. The van der Waals surface area contributed by atoms with E-state index < -0.39 is 0 Å². The van der Waals surface area contributed by atoms with E-state index in [1.165, 1.54) is 29.3 Å². The van der Waals surface area contributed by atoms with Gasteiger partial charge in [0.1, 0.15) is 0 Å². The smallest absolute Gasteiger partial charge is 0.209 e. The van der Waals surface area contributed by atoms with E-state index >= 15 is 0 Å². The highest BCUT2D eigenvalue weighted by Gasteiger charge is 2.20. The van der Waals surface area contributed by atoms with Crippen LogP contribution in [0.3, 0.4) is 0 Å². The summed E-state index contributed by atoms with van der Waals surface area (Å²) in [5.74, 6) is 0.478. The summed E-state index contributed by atoms with van der Waals surface area (Å²) in [7, 11) is 0. The van der Waals surface area contributed by atoms with Crippen LogP contribution in [0, 0.1) is 0 Å². The lowest BCUT2D eigenvalue weighted by atomic mass is 10.0. The first-order chi connectivity index (χ1) is 11.8. The molecule has 1 atom stereocenters. The highest BCUT2D eigenvalue weighted by Crippen LogP contribution is 2.24. The van der Waals surface area contributed by atoms with Crippen LogP contribution in [0.15, 0.2) is 23.4 Å². The summed E-state index contributed by atoms with van der Waals surface area (Å²) in [6, 6.07) is 6.10. The first-order valence-corrected chi connectivity index (χ1v) is 9.44. The summed E-state index contributed by atoms with van der Waals surface area (Å²) in [5, 5.41) is 12.5. The number of rotatable bonds is 6. The molecular formula is C17H20N4O2S. The number of carbonyl (C=O) groups excluding carboxylic acids is 1. The number of ether oxygens (including phenoxy) is 1. The molecular weight excluding hydrogens is 324 g/mol. The molecule has 0 radical (unpaired) electrons. The van der Waals surface area contributed by atoms with E-state index in [9.17, 15) is 4.79 Å². The molecule has 0 N–H and O–H groups in total. The summed E-state index contributed by atoms with van der Waals surface area (Å²) in [4.78, 5) is 12.5. The Labute approximate surface area is 145 Å². The third-order valence-corrected chi connectivity index (χ3v) is 5.61. The van der Waals surface area contributed by atoms with Gasteiger partial charge in [-0.15, -0.1) is 5.10 Å². The van der Waals surface area contributed by atoms with E-state index in [1.54, 1.807) is 4.68 Å². The maximum absolute atomic E-state index is 12.5. The number of fused-ring (bicyclic) bond motifs is 1. The van der Waals surface area contributed by atoms with Crippen molar-refractivity contribution in [1.29, 1.82) is 0 Å². The highest BCUT2D eigenvalue weighted by atomic mass is 32.2. The molecule has 0 spiro atoms. The van der Waals surface area contributed by atoms with Gasteiger partial charge in [-0.1, -0.05) is 23.9 Å². The zero-order valence-corrected chi connectivity index (χ0v) is 14.3. The third kappa shape index (κ3) is 3.37. The average molecular weight is 344 g/mol. The minimum Gasteiger partial charge on any atom is -0.376 e. The zero-order valence-electron chi connectivity index (χ0n) is 13.5. The van der Waals surface area contributed by atoms with E-state index in [1.807, 2.05) is 6.07 Å². The van der Waals surface area contributed by atoms with Crippen LogP contribution in [0.4, 0.5) is 0 Å². The number of carbonyl (C=O) groups is 1. The van der Waals surface area contributed by atoms with Crippen molar-refractivity contribution in [3.05, 3.63) is 34.9 Å². The van der Waals surface area contributed by atoms with Crippen LogP contribution in [0.1, 0.15) is 40.7 Å². The first kappa shape index (κ1) is 15.8. The van der Waals surface area contributed by atoms with Crippen LogP contribution in [0.5, 0.6) is 0 Å². The largest absolute Gasteiger partial charge is 0.376 e. The molecule has 24 heavy (non-hydrogen) atoms. The van der Waals surface area contributed by atoms with Crippen LogP contribution in [-0.2, 0) is 24.1 Å². The monoisotopic (exact) mass is 344 g/mol. The van der Waals surface area contributed by atoms with Gasteiger partial charge in [0, 0.05) is 12.2 Å². The molecule has 0 amide bonds. The summed E-state index contributed by atoms with van der Waals surface area (Å²) in [5.41, 5.74) is 3.51. The van der Waals surface area contributed by atoms with E-state index in [2.05, 4.69) is 27.7 Å². The Morgan fingerprint density at radius 1 is 1.29 bits per heavy atom. The second-order valence-electron chi connectivity index (χ2n) is 6.33. The van der Waals surface area contributed by atoms with E-state index in [-0.39, 0.29) is 11.9 Å². The van der Waals surface area contributed by atoms with Gasteiger partial charge in [-0.3, -0.25) is 4.79 Å². The van der Waals surface area contributed by atoms with E-state index in [4.69, 9.17) is 4.74 Å². The predicted octanol–water partition coefficient (Wildman–Crippen LogP) is 2.32. The van der Waals surface area contributed by atoms with Gasteiger partial charge in [0.05, 0.1) is 18.4 Å². The van der Waals surface area contributed by atoms with Crippen molar-refractivity contribution in [3.8, 4) is 0 Å². The first-order valence-electron chi connectivity index (χ1n) is 8.45. The molecule has 2 aliphatic rings. The normalized spacial score (nSPS) is 19.6. The van der Waals surface area contributed by atoms with Crippen molar-refractivity contribution in [2.24, 2.45) is 0 Å². The maximum atomic E-state index is 12.5. The second kappa shape index (κ2) is 7.03. The van der Waals surface area contributed by atoms with Crippen molar-refractivity contribution in [3.63, 3.8) is 0 Å². The predicted molar refractivity (Wildman–Crippen MR) is 90.3 cm³/mol. The van der Waals surface area contributed by atoms with Crippen LogP contribution >= 0.6 is 11.8 Å². The van der Waals surface area contributed by atoms with Crippen molar-refractivity contribution in [2.75, 3.05) is 12.4 Å². The van der Waals surface area contributed by atoms with Crippen LogP contribution in [-0.4, -0.2) is 44.5 Å². The molecule has 1 fully saturated rings. The quantitative estimate of drug-likeness (QED) is 0.592. The lowest BCUT2D eigenvalue weighted by Crippen LogP contribution is -2.17. The summed E-state index contributed by atoms with van der Waals surface area (Å²) in [6.45, 7) is 1.47. The van der Waals surface area contributed by atoms with Gasteiger partial charge in [-0.25, -0.2) is 4.68 Å². The van der Waals surface area contributed by atoms with Crippen LogP contribution in [0.2, 0.25) is 0 Å². The minimum atomic E-state index is 0.126. The van der Waals surface area contributed by atoms with Gasteiger partial charge in [0.25, 0.3) is 0 Å². The molecule has 1 saturated heterocycles. The molecule has 1 aliphatic heterocycles. The van der Waals surface area contributed by atoms with Crippen molar-refractivity contribution in [2.45, 2.75) is 49.9 Å². The number of tetrazole rings is 1. The molecule has 0 bridgehead atoms. The van der Waals surface area contributed by atoms with Gasteiger partial charge >= 0.3 is 0 Å². The topological polar surface area (TPSA) is 69.9 Å². The van der Waals surface area contributed by atoms with E-state index in [0.29, 0.717) is 17.5 Å². The molecule has 0 saturated carbocycles. The fraction of sp³-hybridized carbons (Fsp3) is 0.529. The zero-order chi connectivity index (χ0) is 16.4. The molecule has 4 rings (SSSR count). The second-order valence-corrected chi connectivity index (χ2v) is 7.27. The number of aryl methyl sites for hydroxylation is 2. The summed E-state index contributed by atoms with van der Waals surface area (Å²) < 4.78 is 7.37. The summed E-state index contributed by atoms with van der Waals surface area (Å²) >= 11 is 1.40. The van der Waals surface area contributed by atoms with Crippen molar-refractivity contribution < 1.29 is 9.53 Å². The Morgan fingerprint density at radius 2 is 2.21 bits per heavy atom. The molecule has 1 aromatic carbocycles. The average Bonchev–Trinajstić information content (AvgIpc) is 3.34. The van der Waals surface area contributed by atoms with E-state index in [0.717, 1.165) is 37.9 Å². The molecule has 126 valence electrons. The number of hydrogen-bond acceptors (Lipinski definition) is 6. The standard InChI is InChI=1S/C17H20N4O2S/c22-16(14-7-6-12-3-1-4-13(12)9-14)11-24-17-18-19-20-21(17)10-15-5-2-8-23-15/h6-7,9,15H,1-5,8,10-11H2. The lowest BCUT2D eigenvalue weighted by Gasteiger charge is -2.10. The van der Waals surface area contributed by atoms with Gasteiger partial charge < -0.3 is 4.74 Å². The number of thioether (sulfide) groups is 1. The van der Waals surface area contributed by atoms with Crippen molar-refractivity contribution in [1.82, 2.24) is 20.2 Å². The van der Waals surface area contributed by atoms with Gasteiger partial charge in [-0.05, 0) is 59.7 Å². The number of nitrogens with zero attached hydrogens (tertiary/aromatic N) is 4. The Balaban J connectivity index is 1.38. The molecule has 1 unspecified atom stereocenters. The number of hydrogen-bond donors (Lipinski definition) is 0. The van der Waals surface area contributed by atoms with Gasteiger partial charge in [0.15, 0.2) is 5.78 Å². The van der Waals surface area contributed by atoms with Crippen LogP contribution < -0.4 is 0 Å². The summed E-state index contributed by atoms with van der Waals surface area (Å²) in [6.07, 6.45) is 5.73. The molecule has 2 aromatic rings. The molecule has 6 nitrogen and oxygen atoms in total.